The largest absolute Gasteiger partial charge is 0.494 e. The first-order valence-corrected chi connectivity index (χ1v) is 10.7. The summed E-state index contributed by atoms with van der Waals surface area (Å²) in [5.74, 6) is 2.47. The van der Waals surface area contributed by atoms with Gasteiger partial charge in [-0.25, -0.2) is 0 Å². The highest BCUT2D eigenvalue weighted by Gasteiger charge is 2.51. The molecule has 2 aromatic rings. The zero-order valence-electron chi connectivity index (χ0n) is 17.1. The Morgan fingerprint density at radius 1 is 1.17 bits per heavy atom. The Labute approximate surface area is 175 Å². The third-order valence-corrected chi connectivity index (χ3v) is 7.53. The second-order valence-corrected chi connectivity index (χ2v) is 9.47. The Hall–Kier alpha value is -3.07. The predicted molar refractivity (Wildman–Crippen MR) is 116 cm³/mol. The zero-order chi connectivity index (χ0) is 20.9. The van der Waals surface area contributed by atoms with Gasteiger partial charge in [0, 0.05) is 0 Å². The maximum Gasteiger partial charge on any atom is 0.268 e. The van der Waals surface area contributed by atoms with E-state index in [2.05, 4.69) is 39.8 Å². The molecule has 4 bridgehead atoms. The highest BCUT2D eigenvalue weighted by molar-refractivity contribution is 5.85. The van der Waals surface area contributed by atoms with Crippen molar-refractivity contribution in [3.63, 3.8) is 0 Å². The lowest BCUT2D eigenvalue weighted by atomic mass is 9.48. The van der Waals surface area contributed by atoms with Crippen LogP contribution in [0.4, 0.5) is 5.69 Å². The maximum atomic E-state index is 11.7. The molecular weight excluding hydrogens is 376 g/mol. The van der Waals surface area contributed by atoms with E-state index in [0.717, 1.165) is 23.4 Å². The van der Waals surface area contributed by atoms with Gasteiger partial charge in [-0.3, -0.25) is 15.2 Å². The van der Waals surface area contributed by atoms with Crippen LogP contribution in [0.1, 0.15) is 60.8 Å². The van der Waals surface area contributed by atoms with Gasteiger partial charge >= 0.3 is 0 Å². The summed E-state index contributed by atoms with van der Waals surface area (Å²) in [6.07, 6.45) is 9.78. The summed E-state index contributed by atoms with van der Waals surface area (Å²) in [7, 11) is 0. The van der Waals surface area contributed by atoms with Crippen LogP contribution >= 0.6 is 0 Å². The van der Waals surface area contributed by atoms with E-state index < -0.39 is 5.56 Å². The maximum absolute atomic E-state index is 11.7. The Morgan fingerprint density at radius 3 is 2.33 bits per heavy atom. The van der Waals surface area contributed by atoms with Gasteiger partial charge in [0.05, 0.1) is 17.5 Å². The first-order chi connectivity index (χ1) is 14.5. The summed E-state index contributed by atoms with van der Waals surface area (Å²) in [5.41, 5.74) is 5.80. The minimum Gasteiger partial charge on any atom is -0.494 e. The van der Waals surface area contributed by atoms with Crippen LogP contribution in [-0.4, -0.2) is 16.3 Å². The smallest absolute Gasteiger partial charge is 0.268 e. The number of H-pyrrole nitrogens is 1. The van der Waals surface area contributed by atoms with Gasteiger partial charge < -0.3 is 5.11 Å². The molecule has 0 spiro atoms. The van der Waals surface area contributed by atoms with Crippen molar-refractivity contribution in [1.82, 2.24) is 4.98 Å². The van der Waals surface area contributed by atoms with Crippen molar-refractivity contribution in [2.24, 2.45) is 22.9 Å². The monoisotopic (exact) mass is 402 g/mol. The fourth-order valence-electron chi connectivity index (χ4n) is 6.55. The number of anilines is 1. The molecule has 3 N–H and O–H groups in total. The number of hydrogen-bond donors (Lipinski definition) is 3. The molecule has 6 nitrogen and oxygen atoms in total. The standard InChI is InChI=1S/C24H26N4O2/c1-14-20(12-25)22(29)27-23(30)21(14)13-26-28-19-4-2-18(3-5-19)24-9-15-6-16(10-24)8-17(7-15)11-24/h2-5,13,15-17,28H,6-11H2,1H3,(H2,27,29,30). The number of rotatable bonds is 4. The van der Waals surface area contributed by atoms with E-state index in [-0.39, 0.29) is 11.4 Å². The number of aromatic nitrogens is 1. The third-order valence-electron chi connectivity index (χ3n) is 7.53. The SMILES string of the molecule is Cc1c(C=NNc2ccc(C34CC5CC(CC(C5)C3)C4)cc2)c(O)[nH]c(=O)c1C#N. The van der Waals surface area contributed by atoms with Crippen molar-refractivity contribution in [2.75, 3.05) is 5.43 Å². The fourth-order valence-corrected chi connectivity index (χ4v) is 6.55. The van der Waals surface area contributed by atoms with Gasteiger partial charge in [-0.1, -0.05) is 12.1 Å². The van der Waals surface area contributed by atoms with Crippen molar-refractivity contribution >= 4 is 11.9 Å². The van der Waals surface area contributed by atoms with Gasteiger partial charge in [0.25, 0.3) is 5.56 Å². The number of pyridine rings is 1. The Balaban J connectivity index is 1.32. The molecule has 6 heteroatoms. The average molecular weight is 402 g/mol. The number of nitriles is 1. The molecule has 4 aliphatic rings. The van der Waals surface area contributed by atoms with Crippen LogP contribution in [0.25, 0.3) is 0 Å². The van der Waals surface area contributed by atoms with Crippen molar-refractivity contribution in [3.8, 4) is 11.9 Å². The molecule has 1 aromatic heterocycles. The number of aromatic amines is 1. The quantitative estimate of drug-likeness (QED) is 0.527. The van der Waals surface area contributed by atoms with Crippen molar-refractivity contribution in [3.05, 3.63) is 56.9 Å². The Bertz CT molecular complexity index is 1070. The molecule has 30 heavy (non-hydrogen) atoms. The third kappa shape index (κ3) is 3.09. The van der Waals surface area contributed by atoms with E-state index in [4.69, 9.17) is 5.26 Å². The summed E-state index contributed by atoms with van der Waals surface area (Å²) in [5, 5.41) is 23.3. The molecule has 154 valence electrons. The lowest BCUT2D eigenvalue weighted by Crippen LogP contribution is -2.48. The molecule has 4 fully saturated rings. The van der Waals surface area contributed by atoms with Crippen molar-refractivity contribution in [1.29, 1.82) is 5.26 Å². The predicted octanol–water partition coefficient (Wildman–Crippen LogP) is 4.17. The van der Waals surface area contributed by atoms with Crippen molar-refractivity contribution < 1.29 is 5.11 Å². The summed E-state index contributed by atoms with van der Waals surface area (Å²) in [4.78, 5) is 14.0. The first-order valence-electron chi connectivity index (χ1n) is 10.7. The van der Waals surface area contributed by atoms with Crippen LogP contribution in [0.2, 0.25) is 0 Å². The first kappa shape index (κ1) is 18.9. The molecule has 6 rings (SSSR count). The van der Waals surface area contributed by atoms with Crippen LogP contribution in [0.15, 0.2) is 34.2 Å². The molecule has 1 heterocycles. The highest BCUT2D eigenvalue weighted by atomic mass is 16.3. The van der Waals surface area contributed by atoms with Crippen molar-refractivity contribution in [2.45, 2.75) is 50.9 Å². The van der Waals surface area contributed by atoms with Gasteiger partial charge in [0.1, 0.15) is 11.6 Å². The lowest BCUT2D eigenvalue weighted by Gasteiger charge is -2.57. The second-order valence-electron chi connectivity index (χ2n) is 9.47. The van der Waals surface area contributed by atoms with Gasteiger partial charge in [0.2, 0.25) is 5.88 Å². The molecule has 4 aliphatic carbocycles. The van der Waals surface area contributed by atoms with E-state index in [1.807, 2.05) is 6.07 Å². The molecule has 0 saturated heterocycles. The number of hydrogen-bond acceptors (Lipinski definition) is 5. The number of aromatic hydroxyl groups is 1. The Kier molecular flexibility index (Phi) is 4.43. The number of nitrogens with zero attached hydrogens (tertiary/aromatic N) is 2. The minimum atomic E-state index is -0.599. The van der Waals surface area contributed by atoms with E-state index >= 15 is 0 Å². The highest BCUT2D eigenvalue weighted by Crippen LogP contribution is 2.60. The average Bonchev–Trinajstić information content (AvgIpc) is 2.70. The summed E-state index contributed by atoms with van der Waals surface area (Å²) >= 11 is 0. The van der Waals surface area contributed by atoms with Crippen LogP contribution in [-0.2, 0) is 5.41 Å². The molecule has 1 aromatic carbocycles. The normalized spacial score (nSPS) is 29.3. The Morgan fingerprint density at radius 2 is 1.77 bits per heavy atom. The molecular formula is C24H26N4O2. The van der Waals surface area contributed by atoms with Crippen LogP contribution in [0, 0.1) is 36.0 Å². The number of nitrogens with one attached hydrogen (secondary N) is 2. The zero-order valence-corrected chi connectivity index (χ0v) is 17.1. The second kappa shape index (κ2) is 7.02. The topological polar surface area (TPSA) is 101 Å². The van der Waals surface area contributed by atoms with Gasteiger partial charge in [-0.2, -0.15) is 10.4 Å². The van der Waals surface area contributed by atoms with E-state index in [9.17, 15) is 9.90 Å². The van der Waals surface area contributed by atoms with E-state index in [1.54, 1.807) is 6.92 Å². The summed E-state index contributed by atoms with van der Waals surface area (Å²) < 4.78 is 0. The van der Waals surface area contributed by atoms with E-state index in [0.29, 0.717) is 16.5 Å². The molecule has 0 atom stereocenters. The summed E-state index contributed by atoms with van der Waals surface area (Å²) in [6, 6.07) is 10.5. The number of hydrazone groups is 1. The molecule has 0 aliphatic heterocycles. The molecule has 4 saturated carbocycles. The van der Waals surface area contributed by atoms with Gasteiger partial charge in [0.15, 0.2) is 0 Å². The lowest BCUT2D eigenvalue weighted by molar-refractivity contribution is -0.00518. The fraction of sp³-hybridized carbons (Fsp3) is 0.458. The van der Waals surface area contributed by atoms with Gasteiger partial charge in [-0.15, -0.1) is 0 Å². The minimum absolute atomic E-state index is 0.0193. The summed E-state index contributed by atoms with van der Waals surface area (Å²) in [6.45, 7) is 1.62. The molecule has 0 unspecified atom stereocenters. The van der Waals surface area contributed by atoms with Crippen LogP contribution in [0.3, 0.4) is 0 Å². The van der Waals surface area contributed by atoms with Crippen LogP contribution in [0.5, 0.6) is 5.88 Å². The van der Waals surface area contributed by atoms with Gasteiger partial charge in [-0.05, 0) is 91.9 Å². The van der Waals surface area contributed by atoms with Crippen LogP contribution < -0.4 is 11.0 Å². The van der Waals surface area contributed by atoms with E-state index in [1.165, 1.54) is 50.3 Å². The number of benzene rings is 1. The molecule has 0 radical (unpaired) electrons. The molecule has 0 amide bonds.